The Hall–Kier alpha value is -8.07. The number of para-hydroxylation sites is 4. The van der Waals surface area contributed by atoms with Crippen LogP contribution in [-0.2, 0) is 22.6 Å². The number of hydrogen-bond donors (Lipinski definition) is 1. The Morgan fingerprint density at radius 1 is 0.486 bits per heavy atom. The van der Waals surface area contributed by atoms with Gasteiger partial charge >= 0.3 is 0 Å². The van der Waals surface area contributed by atoms with Gasteiger partial charge in [-0.1, -0.05) is 72.8 Å². The number of ether oxygens (including phenoxy) is 4. The molecule has 0 aliphatic rings. The van der Waals surface area contributed by atoms with Crippen molar-refractivity contribution in [1.29, 1.82) is 0 Å². The van der Waals surface area contributed by atoms with Gasteiger partial charge in [0.25, 0.3) is 0 Å². The van der Waals surface area contributed by atoms with Crippen LogP contribution in [0, 0.1) is 0 Å². The number of hydrogen-bond acceptors (Lipinski definition) is 12. The monoisotopic (exact) mass is 966 g/mol. The molecule has 0 aliphatic heterocycles. The van der Waals surface area contributed by atoms with Crippen molar-refractivity contribution in [1.82, 2.24) is 14.9 Å². The van der Waals surface area contributed by atoms with Gasteiger partial charge < -0.3 is 33.5 Å². The quantitative estimate of drug-likeness (QED) is 0.0768. The van der Waals surface area contributed by atoms with Crippen LogP contribution in [0.15, 0.2) is 200 Å². The van der Waals surface area contributed by atoms with Crippen molar-refractivity contribution >= 4 is 43.7 Å². The van der Waals surface area contributed by atoms with E-state index in [1.54, 1.807) is 24.3 Å². The van der Waals surface area contributed by atoms with E-state index in [-0.39, 0.29) is 10.9 Å². The van der Waals surface area contributed by atoms with E-state index >= 15 is 0 Å². The molecule has 72 heavy (non-hydrogen) atoms. The summed E-state index contributed by atoms with van der Waals surface area (Å²) in [5.41, 5.74) is 12.0. The van der Waals surface area contributed by atoms with Crippen molar-refractivity contribution in [2.24, 2.45) is 5.73 Å². The van der Waals surface area contributed by atoms with E-state index in [0.717, 1.165) is 55.8 Å². The number of fused-ring (bicyclic) bond motifs is 4. The lowest BCUT2D eigenvalue weighted by molar-refractivity contribution is 0.0755. The first-order chi connectivity index (χ1) is 35.5. The molecule has 0 amide bonds. The minimum Gasteiger partial charge on any atom is -0.491 e. The Bertz CT molecular complexity index is 3360. The minimum absolute atomic E-state index is 0.0516. The van der Waals surface area contributed by atoms with Crippen molar-refractivity contribution in [2.75, 3.05) is 59.9 Å². The summed E-state index contributed by atoms with van der Waals surface area (Å²) in [6.07, 6.45) is 0. The summed E-state index contributed by atoms with van der Waals surface area (Å²) in [6, 6.07) is 57.3. The van der Waals surface area contributed by atoms with Gasteiger partial charge in [0.1, 0.15) is 47.4 Å². The second-order valence-corrected chi connectivity index (χ2v) is 16.4. The maximum absolute atomic E-state index is 12.5. The number of rotatable bonds is 19. The first-order valence-corrected chi connectivity index (χ1v) is 23.6. The molecule has 4 aromatic heterocycles. The highest BCUT2D eigenvalue weighted by Crippen LogP contribution is 2.26. The molecule has 366 valence electrons. The summed E-state index contributed by atoms with van der Waals surface area (Å²) in [6.45, 7) is 5.50. The van der Waals surface area contributed by atoms with Crippen LogP contribution in [0.3, 0.4) is 0 Å². The number of alkyl halides is 1. The van der Waals surface area contributed by atoms with Crippen molar-refractivity contribution in [3.8, 4) is 34.1 Å². The molecule has 0 atom stereocenters. The molecular weight excluding hydrogens is 912 g/mol. The van der Waals surface area contributed by atoms with Crippen molar-refractivity contribution < 1.29 is 32.2 Å². The lowest BCUT2D eigenvalue weighted by Gasteiger charge is -2.22. The largest absolute Gasteiger partial charge is 0.491 e. The number of nitrogens with zero attached hydrogens (tertiary/aromatic N) is 3. The topological polar surface area (TPSA) is 152 Å². The van der Waals surface area contributed by atoms with E-state index in [1.165, 1.54) is 12.1 Å². The van der Waals surface area contributed by atoms with Crippen LogP contribution < -0.4 is 26.1 Å². The average Bonchev–Trinajstić information content (AvgIpc) is 3.42. The molecule has 13 heteroatoms. The summed E-state index contributed by atoms with van der Waals surface area (Å²) in [5.74, 6) is 2.53. The van der Waals surface area contributed by atoms with Gasteiger partial charge in [-0.2, -0.15) is 0 Å². The molecule has 0 bridgehead atoms. The highest BCUT2D eigenvalue weighted by Gasteiger charge is 2.12. The molecule has 2 N–H and O–H groups in total. The Labute approximate surface area is 416 Å². The van der Waals surface area contributed by atoms with Gasteiger partial charge in [0.15, 0.2) is 10.9 Å². The molecule has 4 heterocycles. The number of aromatic nitrogens is 2. The fraction of sp³-hybridized carbons (Fsp3) is 0.186. The van der Waals surface area contributed by atoms with E-state index in [0.29, 0.717) is 106 Å². The molecule has 0 spiro atoms. The highest BCUT2D eigenvalue weighted by molar-refractivity contribution is 5.81. The zero-order chi connectivity index (χ0) is 49.9. The molecule has 12 nitrogen and oxygen atoms in total. The second kappa shape index (κ2) is 25.7. The third kappa shape index (κ3) is 13.6. The van der Waals surface area contributed by atoms with Crippen LogP contribution in [0.25, 0.3) is 66.4 Å². The lowest BCUT2D eigenvalue weighted by atomic mass is 10.1. The summed E-state index contributed by atoms with van der Waals surface area (Å²) >= 11 is 0. The Morgan fingerprint density at radius 2 is 0.917 bits per heavy atom. The zero-order valence-corrected chi connectivity index (χ0v) is 40.0. The highest BCUT2D eigenvalue weighted by atomic mass is 19.1. The van der Waals surface area contributed by atoms with Gasteiger partial charge in [0, 0.05) is 60.2 Å². The minimum atomic E-state index is -0.0602. The van der Waals surface area contributed by atoms with Crippen molar-refractivity contribution in [2.45, 2.75) is 13.1 Å². The van der Waals surface area contributed by atoms with Gasteiger partial charge in [0.05, 0.1) is 66.8 Å². The molecular formula is C59H55FN4O8. The predicted molar refractivity (Wildman–Crippen MR) is 282 cm³/mol. The third-order valence-corrected chi connectivity index (χ3v) is 11.4. The molecule has 10 aromatic rings. The maximum Gasteiger partial charge on any atom is 0.193 e. The summed E-state index contributed by atoms with van der Waals surface area (Å²) in [7, 11) is 0.500. The van der Waals surface area contributed by atoms with Gasteiger partial charge in [-0.15, -0.1) is 0 Å². The van der Waals surface area contributed by atoms with Gasteiger partial charge in [-0.05, 0) is 97.1 Å². The van der Waals surface area contributed by atoms with Crippen LogP contribution in [0.4, 0.5) is 4.39 Å². The molecule has 0 aliphatic carbocycles. The molecule has 6 aromatic carbocycles. The second-order valence-electron chi connectivity index (χ2n) is 16.4. The normalized spacial score (nSPS) is 11.1. The SMILES string of the molecule is CF.NCCOCCOc1ccc(-c2cc(=O)c3ccccc3o2)cc1.O=c1cc(-c2ccc(OCCOCCN(Cc3ccc4ccccc4n3)Cc3ccc4ccccc4n3)cc2)oc2ccccc12. The average molecular weight is 967 g/mol. The van der Waals surface area contributed by atoms with Gasteiger partial charge in [0.2, 0.25) is 0 Å². The lowest BCUT2D eigenvalue weighted by Crippen LogP contribution is -2.28. The molecule has 0 saturated heterocycles. The Kier molecular flexibility index (Phi) is 18.0. The van der Waals surface area contributed by atoms with Crippen LogP contribution in [0.5, 0.6) is 11.5 Å². The Morgan fingerprint density at radius 3 is 1.39 bits per heavy atom. The van der Waals surface area contributed by atoms with Crippen molar-refractivity contribution in [3.05, 3.63) is 214 Å². The molecule has 0 unspecified atom stereocenters. The van der Waals surface area contributed by atoms with Crippen LogP contribution >= 0.6 is 0 Å². The number of pyridine rings is 2. The van der Waals surface area contributed by atoms with Crippen LogP contribution in [-0.4, -0.2) is 74.8 Å². The van der Waals surface area contributed by atoms with Crippen LogP contribution in [0.1, 0.15) is 11.4 Å². The first kappa shape index (κ1) is 50.3. The molecule has 0 saturated carbocycles. The summed E-state index contributed by atoms with van der Waals surface area (Å²) in [4.78, 5) is 36.8. The van der Waals surface area contributed by atoms with E-state index < -0.39 is 0 Å². The fourth-order valence-corrected chi connectivity index (χ4v) is 7.91. The van der Waals surface area contributed by atoms with E-state index in [2.05, 4.69) is 41.3 Å². The maximum atomic E-state index is 12.5. The van der Waals surface area contributed by atoms with Gasteiger partial charge in [-0.3, -0.25) is 28.8 Å². The van der Waals surface area contributed by atoms with Crippen LogP contribution in [0.2, 0.25) is 0 Å². The van der Waals surface area contributed by atoms with E-state index in [1.807, 2.05) is 109 Å². The molecule has 0 fully saturated rings. The summed E-state index contributed by atoms with van der Waals surface area (Å²) in [5, 5.41) is 3.42. The number of benzene rings is 6. The predicted octanol–water partition coefficient (Wildman–Crippen LogP) is 11.1. The van der Waals surface area contributed by atoms with Gasteiger partial charge in [-0.25, -0.2) is 0 Å². The van der Waals surface area contributed by atoms with Crippen molar-refractivity contribution in [3.63, 3.8) is 0 Å². The fourth-order valence-electron chi connectivity index (χ4n) is 7.91. The standard InChI is InChI=1S/C39H33N3O4.C19H19NO4.CH3F/c43-37-25-39(46-38-12-6-3-9-34(37)38)30-15-19-33(20-16-30)45-24-23-44-22-21-42(26-31-17-13-28-7-1-4-10-35(28)40-31)27-32-18-14-29-8-2-5-11-36(29)41-32;20-9-10-22-11-12-23-15-7-5-14(6-8-15)19-13-17(21)16-3-1-2-4-18(16)24-19;1-2/h1-20,25H,21-24,26-27H2;1-8,13H,9-12,20H2;1H3. The number of halogens is 1. The smallest absolute Gasteiger partial charge is 0.193 e. The molecule has 10 rings (SSSR count). The Balaban J connectivity index is 0.000000224. The number of nitrogens with two attached hydrogens (primary N) is 1. The molecule has 0 radical (unpaired) electrons. The van der Waals surface area contributed by atoms with E-state index in [4.69, 9.17) is 43.5 Å². The van der Waals surface area contributed by atoms with E-state index in [9.17, 15) is 14.0 Å². The zero-order valence-electron chi connectivity index (χ0n) is 40.0. The third-order valence-electron chi connectivity index (χ3n) is 11.4. The summed E-state index contributed by atoms with van der Waals surface area (Å²) < 4.78 is 44.0. The first-order valence-electron chi connectivity index (χ1n) is 23.6.